The lowest BCUT2D eigenvalue weighted by atomic mass is 10.0. The van der Waals surface area contributed by atoms with Gasteiger partial charge in [0, 0.05) is 49.2 Å². The molecule has 30 heavy (non-hydrogen) atoms. The van der Waals surface area contributed by atoms with Crippen molar-refractivity contribution < 1.29 is 4.74 Å². The van der Waals surface area contributed by atoms with E-state index in [1.54, 1.807) is 0 Å². The summed E-state index contributed by atoms with van der Waals surface area (Å²) in [6.07, 6.45) is 12.9. The Bertz CT molecular complexity index is 902. The molecular weight excluding hydrogens is 388 g/mol. The summed E-state index contributed by atoms with van der Waals surface area (Å²) in [7, 11) is 1.83. The summed E-state index contributed by atoms with van der Waals surface area (Å²) in [5.41, 5.74) is 3.79. The van der Waals surface area contributed by atoms with Crippen LogP contribution >= 0.6 is 11.3 Å². The molecule has 0 aliphatic carbocycles. The second-order valence-corrected chi connectivity index (χ2v) is 9.41. The Morgan fingerprint density at radius 3 is 2.73 bits per heavy atom. The van der Waals surface area contributed by atoms with Gasteiger partial charge in [0.25, 0.3) is 0 Å². The van der Waals surface area contributed by atoms with Crippen molar-refractivity contribution in [2.45, 2.75) is 65.5 Å². The zero-order valence-electron chi connectivity index (χ0n) is 19.2. The van der Waals surface area contributed by atoms with E-state index in [1.165, 1.54) is 32.8 Å². The van der Waals surface area contributed by atoms with Gasteiger partial charge in [-0.15, -0.1) is 11.3 Å². The molecule has 4 heteroatoms. The van der Waals surface area contributed by atoms with Gasteiger partial charge >= 0.3 is 0 Å². The molecule has 3 rings (SSSR count). The minimum Gasteiger partial charge on any atom is -0.380 e. The number of thiophene rings is 1. The molecule has 1 unspecified atom stereocenters. The molecule has 1 saturated heterocycles. The molecule has 164 valence electrons. The zero-order chi connectivity index (χ0) is 21.5. The average Bonchev–Trinajstić information content (AvgIpc) is 3.42. The van der Waals surface area contributed by atoms with Gasteiger partial charge < -0.3 is 9.30 Å². The Kier molecular flexibility index (Phi) is 8.55. The van der Waals surface area contributed by atoms with E-state index in [1.807, 2.05) is 18.4 Å². The fourth-order valence-electron chi connectivity index (χ4n) is 4.18. The number of allylic oxidation sites excluding steroid dienone is 5. The second-order valence-electron chi connectivity index (χ2n) is 8.38. The number of fused-ring (bicyclic) bond motifs is 1. The summed E-state index contributed by atoms with van der Waals surface area (Å²) in [5.74, 6) is 0. The van der Waals surface area contributed by atoms with Crippen molar-refractivity contribution in [2.24, 2.45) is 0 Å². The largest absolute Gasteiger partial charge is 0.380 e. The first-order valence-electron chi connectivity index (χ1n) is 11.5. The fraction of sp³-hybridized carbons (Fsp3) is 0.538. The Morgan fingerprint density at radius 2 is 2.03 bits per heavy atom. The van der Waals surface area contributed by atoms with Gasteiger partial charge in [0.2, 0.25) is 0 Å². The highest BCUT2D eigenvalue weighted by molar-refractivity contribution is 7.19. The molecule has 3 heterocycles. The van der Waals surface area contributed by atoms with Crippen LogP contribution in [0.25, 0.3) is 15.8 Å². The van der Waals surface area contributed by atoms with Gasteiger partial charge in [0.05, 0.1) is 6.10 Å². The number of methoxy groups -OCH3 is 1. The number of rotatable bonds is 11. The van der Waals surface area contributed by atoms with Gasteiger partial charge in [0.15, 0.2) is 0 Å². The van der Waals surface area contributed by atoms with Gasteiger partial charge in [-0.25, -0.2) is 0 Å². The van der Waals surface area contributed by atoms with Crippen LogP contribution < -0.4 is 0 Å². The number of aromatic nitrogens is 1. The van der Waals surface area contributed by atoms with Crippen LogP contribution in [0.15, 0.2) is 42.5 Å². The van der Waals surface area contributed by atoms with E-state index in [0.29, 0.717) is 6.10 Å². The Labute approximate surface area is 186 Å². The van der Waals surface area contributed by atoms with Crippen LogP contribution in [-0.4, -0.2) is 42.3 Å². The van der Waals surface area contributed by atoms with E-state index < -0.39 is 0 Å². The van der Waals surface area contributed by atoms with E-state index >= 15 is 0 Å². The van der Waals surface area contributed by atoms with Crippen LogP contribution in [-0.2, 0) is 11.3 Å². The molecule has 1 atom stereocenters. The third kappa shape index (κ3) is 5.54. The summed E-state index contributed by atoms with van der Waals surface area (Å²) in [6, 6.07) is 4.70. The van der Waals surface area contributed by atoms with Gasteiger partial charge in [-0.1, -0.05) is 51.5 Å². The number of nitrogens with zero attached hydrogens (tertiary/aromatic N) is 2. The van der Waals surface area contributed by atoms with E-state index in [-0.39, 0.29) is 0 Å². The standard InChI is InChI=1S/C26H38N2OS/c1-6-8-10-11-20(3)24(12-9-7-2)25-18-22-17-21(4)28(26(22)30-25)16-15-27-14-13-23(19-27)29-5/h10-12,17-18,23H,3,6-9,13-16,19H2,1-2,4-5H3/b11-10-,24-12-. The van der Waals surface area contributed by atoms with Crippen molar-refractivity contribution in [1.29, 1.82) is 0 Å². The first kappa shape index (κ1) is 23.1. The summed E-state index contributed by atoms with van der Waals surface area (Å²) in [4.78, 5) is 5.26. The lowest BCUT2D eigenvalue weighted by Crippen LogP contribution is -2.26. The highest BCUT2D eigenvalue weighted by Crippen LogP contribution is 2.36. The van der Waals surface area contributed by atoms with Crippen molar-refractivity contribution in [2.75, 3.05) is 26.7 Å². The number of aryl methyl sites for hydroxylation is 1. The third-order valence-electron chi connectivity index (χ3n) is 6.00. The van der Waals surface area contributed by atoms with Crippen LogP contribution in [0.2, 0.25) is 0 Å². The van der Waals surface area contributed by atoms with Gasteiger partial charge in [-0.05, 0) is 49.5 Å². The minimum absolute atomic E-state index is 0.405. The zero-order valence-corrected chi connectivity index (χ0v) is 20.1. The maximum Gasteiger partial charge on any atom is 0.103 e. The number of ether oxygens (including phenoxy) is 1. The number of hydrogen-bond donors (Lipinski definition) is 0. The summed E-state index contributed by atoms with van der Waals surface area (Å²) in [5, 5.41) is 1.36. The third-order valence-corrected chi connectivity index (χ3v) is 7.21. The molecule has 2 aromatic heterocycles. The monoisotopic (exact) mass is 426 g/mol. The van der Waals surface area contributed by atoms with Crippen LogP contribution in [0.1, 0.15) is 56.5 Å². The van der Waals surface area contributed by atoms with Crippen molar-refractivity contribution in [3.05, 3.63) is 53.1 Å². The topological polar surface area (TPSA) is 17.4 Å². The Hall–Kier alpha value is -1.62. The molecule has 1 fully saturated rings. The summed E-state index contributed by atoms with van der Waals surface area (Å²) < 4.78 is 8.02. The smallest absolute Gasteiger partial charge is 0.103 e. The van der Waals surface area contributed by atoms with Crippen molar-refractivity contribution >= 4 is 27.1 Å². The predicted molar refractivity (Wildman–Crippen MR) is 132 cm³/mol. The van der Waals surface area contributed by atoms with Gasteiger partial charge in [-0.3, -0.25) is 4.90 Å². The lowest BCUT2D eigenvalue weighted by molar-refractivity contribution is 0.108. The van der Waals surface area contributed by atoms with Crippen LogP contribution in [0.3, 0.4) is 0 Å². The molecular formula is C26H38N2OS. The molecule has 0 N–H and O–H groups in total. The van der Waals surface area contributed by atoms with E-state index in [4.69, 9.17) is 4.74 Å². The molecule has 0 saturated carbocycles. The molecule has 0 radical (unpaired) electrons. The van der Waals surface area contributed by atoms with Gasteiger partial charge in [0.1, 0.15) is 4.83 Å². The Balaban J connectivity index is 1.80. The van der Waals surface area contributed by atoms with Crippen molar-refractivity contribution in [3.63, 3.8) is 0 Å². The molecule has 0 amide bonds. The van der Waals surface area contributed by atoms with Crippen LogP contribution in [0.4, 0.5) is 0 Å². The molecule has 0 bridgehead atoms. The maximum atomic E-state index is 5.53. The molecule has 0 spiro atoms. The highest BCUT2D eigenvalue weighted by atomic mass is 32.1. The van der Waals surface area contributed by atoms with E-state index in [2.05, 4.69) is 67.2 Å². The number of likely N-dealkylation sites (tertiary alicyclic amines) is 1. The van der Waals surface area contributed by atoms with Crippen molar-refractivity contribution in [1.82, 2.24) is 9.47 Å². The number of unbranched alkanes of at least 4 members (excludes halogenated alkanes) is 2. The lowest BCUT2D eigenvalue weighted by Gasteiger charge is -2.17. The van der Waals surface area contributed by atoms with E-state index in [0.717, 1.165) is 57.4 Å². The number of hydrogen-bond acceptors (Lipinski definition) is 3. The maximum absolute atomic E-state index is 5.53. The highest BCUT2D eigenvalue weighted by Gasteiger charge is 2.22. The van der Waals surface area contributed by atoms with Crippen LogP contribution in [0.5, 0.6) is 0 Å². The molecule has 0 aromatic carbocycles. The van der Waals surface area contributed by atoms with Crippen LogP contribution in [0, 0.1) is 6.92 Å². The Morgan fingerprint density at radius 1 is 1.23 bits per heavy atom. The molecule has 2 aromatic rings. The fourth-order valence-corrected chi connectivity index (χ4v) is 5.48. The van der Waals surface area contributed by atoms with Gasteiger partial charge in [-0.2, -0.15) is 0 Å². The summed E-state index contributed by atoms with van der Waals surface area (Å²) in [6.45, 7) is 15.4. The quantitative estimate of drug-likeness (QED) is 0.366. The molecule has 1 aliphatic heterocycles. The first-order valence-corrected chi connectivity index (χ1v) is 12.3. The minimum atomic E-state index is 0.405. The first-order chi connectivity index (χ1) is 14.6. The van der Waals surface area contributed by atoms with Crippen molar-refractivity contribution in [3.8, 4) is 0 Å². The summed E-state index contributed by atoms with van der Waals surface area (Å²) >= 11 is 1.92. The van der Waals surface area contributed by atoms with E-state index in [9.17, 15) is 0 Å². The second kappa shape index (κ2) is 11.1. The molecule has 3 nitrogen and oxygen atoms in total. The molecule has 1 aliphatic rings. The average molecular weight is 427 g/mol. The predicted octanol–water partition coefficient (Wildman–Crippen LogP) is 6.83. The normalized spacial score (nSPS) is 18.3. The SMILES string of the molecule is C=C(/C=C\CCC)/C(=C/CCC)c1cc2cc(C)n(CCN3CCC(OC)C3)c2s1.